The molecule has 3 heterocycles. The molecular formula is C30H36N4O2. The molecule has 1 fully saturated rings. The minimum absolute atomic E-state index is 0.0384. The minimum Gasteiger partial charge on any atom is -0.393 e. The van der Waals surface area contributed by atoms with Crippen LogP contribution >= 0.6 is 0 Å². The standard InChI is InChI=1S/C30H36N4O2/c35-26-12-16-32(17-13-26)30(36)29-27-21-33(25-19-23-10-4-5-11-24(23)20-25)18-14-28(27)34(31-29)15-6-9-22-7-2-1-3-8-22/h1-5,7-8,10-11,25-26,35H,6,9,12-21H2. The van der Waals surface area contributed by atoms with Crippen molar-refractivity contribution in [3.05, 3.63) is 88.2 Å². The van der Waals surface area contributed by atoms with Gasteiger partial charge in [-0.15, -0.1) is 0 Å². The number of aliphatic hydroxyl groups excluding tert-OH is 1. The number of piperidine rings is 1. The highest BCUT2D eigenvalue weighted by Crippen LogP contribution is 2.31. The van der Waals surface area contributed by atoms with Gasteiger partial charge < -0.3 is 10.0 Å². The van der Waals surface area contributed by atoms with Crippen LogP contribution in [0.15, 0.2) is 54.6 Å². The zero-order valence-corrected chi connectivity index (χ0v) is 21.0. The lowest BCUT2D eigenvalue weighted by Gasteiger charge is -2.33. The first-order valence-corrected chi connectivity index (χ1v) is 13.6. The van der Waals surface area contributed by atoms with E-state index in [2.05, 4.69) is 64.2 Å². The predicted octanol–water partition coefficient (Wildman–Crippen LogP) is 3.64. The fraction of sp³-hybridized carbons (Fsp3) is 0.467. The maximum absolute atomic E-state index is 13.6. The van der Waals surface area contributed by atoms with Gasteiger partial charge in [-0.3, -0.25) is 14.4 Å². The molecule has 188 valence electrons. The first-order chi connectivity index (χ1) is 17.7. The fourth-order valence-corrected chi connectivity index (χ4v) is 6.27. The summed E-state index contributed by atoms with van der Waals surface area (Å²) in [6, 6.07) is 19.9. The lowest BCUT2D eigenvalue weighted by molar-refractivity contribution is 0.0538. The number of hydrogen-bond acceptors (Lipinski definition) is 4. The number of likely N-dealkylation sites (tertiary alicyclic amines) is 1. The second-order valence-electron chi connectivity index (χ2n) is 10.7. The summed E-state index contributed by atoms with van der Waals surface area (Å²) in [5.41, 5.74) is 7.29. The van der Waals surface area contributed by atoms with Crippen molar-refractivity contribution in [2.75, 3.05) is 19.6 Å². The summed E-state index contributed by atoms with van der Waals surface area (Å²) < 4.78 is 2.13. The molecule has 0 saturated carbocycles. The number of aliphatic hydroxyl groups is 1. The number of amides is 1. The Labute approximate surface area is 213 Å². The van der Waals surface area contributed by atoms with Crippen LogP contribution in [0.3, 0.4) is 0 Å². The van der Waals surface area contributed by atoms with Crippen LogP contribution in [0, 0.1) is 0 Å². The number of rotatable bonds is 6. The Kier molecular flexibility index (Phi) is 6.63. The van der Waals surface area contributed by atoms with E-state index in [1.165, 1.54) is 22.4 Å². The summed E-state index contributed by atoms with van der Waals surface area (Å²) in [6.07, 6.45) is 6.13. The van der Waals surface area contributed by atoms with Gasteiger partial charge in [0.25, 0.3) is 5.91 Å². The highest BCUT2D eigenvalue weighted by atomic mass is 16.3. The highest BCUT2D eigenvalue weighted by Gasteiger charge is 2.35. The SMILES string of the molecule is O=C(c1nn(CCCc2ccccc2)c2c1CN(C1Cc3ccccc3C1)CC2)N1CCC(O)CC1. The summed E-state index contributed by atoms with van der Waals surface area (Å²) in [7, 11) is 0. The van der Waals surface area contributed by atoms with Crippen molar-refractivity contribution in [1.82, 2.24) is 19.6 Å². The van der Waals surface area contributed by atoms with E-state index < -0.39 is 0 Å². The van der Waals surface area contributed by atoms with Gasteiger partial charge in [0, 0.05) is 56.4 Å². The van der Waals surface area contributed by atoms with Gasteiger partial charge in [0.15, 0.2) is 5.69 Å². The largest absolute Gasteiger partial charge is 0.393 e. The normalized spacial score (nSPS) is 18.9. The number of carbonyl (C=O) groups excluding carboxylic acids is 1. The molecule has 3 aliphatic rings. The van der Waals surface area contributed by atoms with Crippen LogP contribution in [0.1, 0.15) is 57.7 Å². The number of nitrogens with zero attached hydrogens (tertiary/aromatic N) is 4. The topological polar surface area (TPSA) is 61.6 Å². The molecule has 1 saturated heterocycles. The molecule has 1 aliphatic carbocycles. The molecular weight excluding hydrogens is 448 g/mol. The molecule has 0 spiro atoms. The van der Waals surface area contributed by atoms with Crippen molar-refractivity contribution >= 4 is 5.91 Å². The number of hydrogen-bond donors (Lipinski definition) is 1. The first-order valence-electron chi connectivity index (χ1n) is 13.6. The zero-order valence-electron chi connectivity index (χ0n) is 21.0. The second kappa shape index (κ2) is 10.2. The maximum atomic E-state index is 13.6. The summed E-state index contributed by atoms with van der Waals surface area (Å²) in [4.78, 5) is 18.1. The van der Waals surface area contributed by atoms with Crippen LogP contribution in [0.4, 0.5) is 0 Å². The Bertz CT molecular complexity index is 1190. The molecule has 6 nitrogen and oxygen atoms in total. The van der Waals surface area contributed by atoms with Gasteiger partial charge >= 0.3 is 0 Å². The van der Waals surface area contributed by atoms with Gasteiger partial charge in [0.05, 0.1) is 6.10 Å². The van der Waals surface area contributed by atoms with Crippen LogP contribution in [-0.2, 0) is 38.8 Å². The molecule has 6 rings (SSSR count). The molecule has 2 aliphatic heterocycles. The highest BCUT2D eigenvalue weighted by molar-refractivity contribution is 5.94. The number of aryl methyl sites for hydroxylation is 2. The van der Waals surface area contributed by atoms with Crippen LogP contribution in [0.25, 0.3) is 0 Å². The van der Waals surface area contributed by atoms with Crippen LogP contribution < -0.4 is 0 Å². The molecule has 0 atom stereocenters. The fourth-order valence-electron chi connectivity index (χ4n) is 6.27. The first kappa shape index (κ1) is 23.4. The van der Waals surface area contributed by atoms with E-state index in [0.29, 0.717) is 37.7 Å². The van der Waals surface area contributed by atoms with Crippen molar-refractivity contribution in [3.63, 3.8) is 0 Å². The summed E-state index contributed by atoms with van der Waals surface area (Å²) in [5.74, 6) is 0.0384. The van der Waals surface area contributed by atoms with E-state index in [0.717, 1.165) is 57.3 Å². The quantitative estimate of drug-likeness (QED) is 0.580. The van der Waals surface area contributed by atoms with Gasteiger partial charge in [-0.2, -0.15) is 5.10 Å². The van der Waals surface area contributed by atoms with Gasteiger partial charge in [0.1, 0.15) is 0 Å². The third-order valence-corrected chi connectivity index (χ3v) is 8.34. The van der Waals surface area contributed by atoms with Crippen LogP contribution in [0.5, 0.6) is 0 Å². The lowest BCUT2D eigenvalue weighted by atomic mass is 10.0. The monoisotopic (exact) mass is 484 g/mol. The molecule has 36 heavy (non-hydrogen) atoms. The van der Waals surface area contributed by atoms with E-state index >= 15 is 0 Å². The minimum atomic E-state index is -0.294. The van der Waals surface area contributed by atoms with Gasteiger partial charge in [-0.1, -0.05) is 54.6 Å². The van der Waals surface area contributed by atoms with E-state index in [1.54, 1.807) is 0 Å². The predicted molar refractivity (Wildman–Crippen MR) is 140 cm³/mol. The molecule has 1 amide bonds. The van der Waals surface area contributed by atoms with Crippen LogP contribution in [0.2, 0.25) is 0 Å². The van der Waals surface area contributed by atoms with E-state index in [-0.39, 0.29) is 12.0 Å². The van der Waals surface area contributed by atoms with Crippen molar-refractivity contribution < 1.29 is 9.90 Å². The third-order valence-electron chi connectivity index (χ3n) is 8.34. The van der Waals surface area contributed by atoms with Crippen LogP contribution in [-0.4, -0.2) is 62.4 Å². The maximum Gasteiger partial charge on any atom is 0.274 e. The molecule has 3 aromatic rings. The average molecular weight is 485 g/mol. The lowest BCUT2D eigenvalue weighted by Crippen LogP contribution is -2.42. The van der Waals surface area contributed by atoms with Crippen molar-refractivity contribution in [2.24, 2.45) is 0 Å². The smallest absolute Gasteiger partial charge is 0.274 e. The van der Waals surface area contributed by atoms with Gasteiger partial charge in [-0.25, -0.2) is 0 Å². The van der Waals surface area contributed by atoms with E-state index in [4.69, 9.17) is 5.10 Å². The van der Waals surface area contributed by atoms with Crippen molar-refractivity contribution in [3.8, 4) is 0 Å². The second-order valence-corrected chi connectivity index (χ2v) is 10.7. The summed E-state index contributed by atoms with van der Waals surface area (Å²) in [6.45, 7) is 3.86. The van der Waals surface area contributed by atoms with E-state index in [9.17, 15) is 9.90 Å². The van der Waals surface area contributed by atoms with Crippen molar-refractivity contribution in [1.29, 1.82) is 0 Å². The molecule has 0 unspecified atom stereocenters. The average Bonchev–Trinajstić information content (AvgIpc) is 3.51. The number of fused-ring (bicyclic) bond motifs is 2. The summed E-state index contributed by atoms with van der Waals surface area (Å²) in [5, 5.41) is 14.9. The zero-order chi connectivity index (χ0) is 24.5. The molecule has 0 radical (unpaired) electrons. The Morgan fingerprint density at radius 2 is 1.64 bits per heavy atom. The molecule has 1 N–H and O–H groups in total. The number of benzene rings is 2. The summed E-state index contributed by atoms with van der Waals surface area (Å²) >= 11 is 0. The Morgan fingerprint density at radius 3 is 2.36 bits per heavy atom. The Balaban J connectivity index is 1.22. The molecule has 0 bridgehead atoms. The molecule has 6 heteroatoms. The Hall–Kier alpha value is -2.96. The molecule has 1 aromatic heterocycles. The van der Waals surface area contributed by atoms with Gasteiger partial charge in [0.2, 0.25) is 0 Å². The number of carbonyl (C=O) groups is 1. The Morgan fingerprint density at radius 1 is 0.944 bits per heavy atom. The van der Waals surface area contributed by atoms with Gasteiger partial charge in [-0.05, 0) is 55.2 Å². The molecule has 2 aromatic carbocycles. The van der Waals surface area contributed by atoms with E-state index in [1.807, 2.05) is 4.90 Å². The number of aromatic nitrogens is 2. The third kappa shape index (κ3) is 4.72. The van der Waals surface area contributed by atoms with Crippen molar-refractivity contribution in [2.45, 2.75) is 70.2 Å².